The van der Waals surface area contributed by atoms with Crippen molar-refractivity contribution in [3.63, 3.8) is 0 Å². The quantitative estimate of drug-likeness (QED) is 0.726. The minimum atomic E-state index is -0.00214. The highest BCUT2D eigenvalue weighted by Gasteiger charge is 2.23. The second-order valence-corrected chi connectivity index (χ2v) is 8.42. The summed E-state index contributed by atoms with van der Waals surface area (Å²) in [5, 5.41) is 7.60. The number of hydrogen-bond donors (Lipinski definition) is 2. The number of thiazole rings is 1. The summed E-state index contributed by atoms with van der Waals surface area (Å²) in [6.45, 7) is 8.46. The molecule has 4 nitrogen and oxygen atoms in total. The molecule has 2 aromatic rings. The van der Waals surface area contributed by atoms with E-state index in [1.54, 1.807) is 11.3 Å². The fourth-order valence-electron chi connectivity index (χ4n) is 3.75. The van der Waals surface area contributed by atoms with Crippen LogP contribution in [0, 0.1) is 18.8 Å². The highest BCUT2D eigenvalue weighted by molar-refractivity contribution is 7.15. The summed E-state index contributed by atoms with van der Waals surface area (Å²) in [6, 6.07) is 10.2. The monoisotopic (exact) mass is 407 g/mol. The summed E-state index contributed by atoms with van der Waals surface area (Å²) < 4.78 is 0. The van der Waals surface area contributed by atoms with E-state index in [-0.39, 0.29) is 24.4 Å². The Morgan fingerprint density at radius 1 is 1.26 bits per heavy atom. The third kappa shape index (κ3) is 5.77. The minimum absolute atomic E-state index is 0. The molecule has 2 N–H and O–H groups in total. The maximum Gasteiger partial charge on any atom is 0.220 e. The molecule has 1 fully saturated rings. The van der Waals surface area contributed by atoms with Crippen LogP contribution in [0.15, 0.2) is 30.3 Å². The number of benzene rings is 1. The number of nitrogens with zero attached hydrogens (tertiary/aromatic N) is 1. The molecule has 1 aromatic heterocycles. The van der Waals surface area contributed by atoms with Crippen LogP contribution in [0.25, 0.3) is 10.6 Å². The van der Waals surface area contributed by atoms with Gasteiger partial charge in [0.2, 0.25) is 5.91 Å². The second kappa shape index (κ2) is 10.2. The summed E-state index contributed by atoms with van der Waals surface area (Å²) in [7, 11) is 0. The molecule has 0 radical (unpaired) electrons. The molecular weight excluding hydrogens is 378 g/mol. The van der Waals surface area contributed by atoms with Gasteiger partial charge in [-0.1, -0.05) is 37.3 Å². The van der Waals surface area contributed by atoms with Gasteiger partial charge in [0.15, 0.2) is 0 Å². The number of amides is 1. The maximum atomic E-state index is 12.5. The van der Waals surface area contributed by atoms with Crippen LogP contribution in [-0.4, -0.2) is 24.0 Å². The van der Waals surface area contributed by atoms with E-state index in [2.05, 4.69) is 36.6 Å². The number of carbonyl (C=O) groups is 1. The Labute approximate surface area is 172 Å². The van der Waals surface area contributed by atoms with Gasteiger partial charge in [-0.25, -0.2) is 4.98 Å². The molecule has 148 valence electrons. The normalized spacial score (nSPS) is 17.0. The Morgan fingerprint density at radius 3 is 2.59 bits per heavy atom. The Bertz CT molecular complexity index is 728. The van der Waals surface area contributed by atoms with Gasteiger partial charge in [0.05, 0.1) is 16.6 Å². The molecule has 0 saturated carbocycles. The van der Waals surface area contributed by atoms with Crippen LogP contribution in [0.1, 0.15) is 49.7 Å². The second-order valence-electron chi connectivity index (χ2n) is 7.39. The minimum Gasteiger partial charge on any atom is -0.349 e. The molecule has 0 bridgehead atoms. The molecule has 6 heteroatoms. The average molecular weight is 408 g/mol. The Hall–Kier alpha value is -1.43. The van der Waals surface area contributed by atoms with Gasteiger partial charge in [-0.3, -0.25) is 4.79 Å². The number of hydrogen-bond acceptors (Lipinski definition) is 4. The van der Waals surface area contributed by atoms with Crippen molar-refractivity contribution in [3.8, 4) is 10.6 Å². The van der Waals surface area contributed by atoms with Crippen molar-refractivity contribution in [1.82, 2.24) is 15.6 Å². The van der Waals surface area contributed by atoms with Crippen LogP contribution in [0.3, 0.4) is 0 Å². The van der Waals surface area contributed by atoms with E-state index >= 15 is 0 Å². The summed E-state index contributed by atoms with van der Waals surface area (Å²) in [5.41, 5.74) is 2.14. The molecule has 2 unspecified atom stereocenters. The lowest BCUT2D eigenvalue weighted by atomic mass is 9.84. The predicted molar refractivity (Wildman–Crippen MR) is 115 cm³/mol. The zero-order valence-corrected chi connectivity index (χ0v) is 18.0. The van der Waals surface area contributed by atoms with E-state index in [9.17, 15) is 4.79 Å². The molecule has 2 atom stereocenters. The van der Waals surface area contributed by atoms with Crippen LogP contribution in [-0.2, 0) is 4.79 Å². The third-order valence-electron chi connectivity index (χ3n) is 5.32. The highest BCUT2D eigenvalue weighted by Crippen LogP contribution is 2.32. The van der Waals surface area contributed by atoms with Crippen molar-refractivity contribution in [2.45, 2.75) is 46.1 Å². The molecule has 27 heavy (non-hydrogen) atoms. The Kier molecular flexibility index (Phi) is 8.27. The molecule has 1 amide bonds. The number of rotatable bonds is 6. The predicted octanol–water partition coefficient (Wildman–Crippen LogP) is 4.74. The van der Waals surface area contributed by atoms with Crippen molar-refractivity contribution in [1.29, 1.82) is 0 Å². The van der Waals surface area contributed by atoms with Crippen molar-refractivity contribution in [3.05, 3.63) is 40.9 Å². The number of aryl methyl sites for hydroxylation is 1. The first kappa shape index (κ1) is 21.9. The lowest BCUT2D eigenvalue weighted by Gasteiger charge is -2.28. The average Bonchev–Trinajstić information content (AvgIpc) is 3.05. The van der Waals surface area contributed by atoms with Gasteiger partial charge in [-0.05, 0) is 51.6 Å². The molecule has 2 heterocycles. The highest BCUT2D eigenvalue weighted by atomic mass is 35.5. The van der Waals surface area contributed by atoms with Crippen LogP contribution in [0.5, 0.6) is 0 Å². The number of halogens is 1. The first-order valence-corrected chi connectivity index (χ1v) is 10.4. The number of carbonyl (C=O) groups excluding carboxylic acids is 1. The summed E-state index contributed by atoms with van der Waals surface area (Å²) in [4.78, 5) is 18.4. The fraction of sp³-hybridized carbons (Fsp3) is 0.524. The van der Waals surface area contributed by atoms with Crippen LogP contribution in [0.2, 0.25) is 0 Å². The molecule has 1 saturated heterocycles. The maximum absolute atomic E-state index is 12.5. The van der Waals surface area contributed by atoms with E-state index in [1.807, 2.05) is 25.1 Å². The lowest BCUT2D eigenvalue weighted by Crippen LogP contribution is -2.34. The van der Waals surface area contributed by atoms with Crippen molar-refractivity contribution in [2.24, 2.45) is 11.8 Å². The topological polar surface area (TPSA) is 54.0 Å². The fourth-order valence-corrected chi connectivity index (χ4v) is 4.83. The van der Waals surface area contributed by atoms with Crippen LogP contribution >= 0.6 is 23.7 Å². The van der Waals surface area contributed by atoms with Crippen LogP contribution in [0.4, 0.5) is 0 Å². The Balaban J connectivity index is 0.00000261. The first-order chi connectivity index (χ1) is 12.5. The van der Waals surface area contributed by atoms with Gasteiger partial charge in [0.1, 0.15) is 5.01 Å². The van der Waals surface area contributed by atoms with Crippen molar-refractivity contribution < 1.29 is 4.79 Å². The van der Waals surface area contributed by atoms with Gasteiger partial charge in [0, 0.05) is 12.0 Å². The van der Waals surface area contributed by atoms with E-state index in [0.29, 0.717) is 18.3 Å². The van der Waals surface area contributed by atoms with Crippen molar-refractivity contribution in [2.75, 3.05) is 13.1 Å². The molecular formula is C21H30ClN3OS. The zero-order chi connectivity index (χ0) is 18.5. The number of piperidine rings is 1. The van der Waals surface area contributed by atoms with E-state index < -0.39 is 0 Å². The molecule has 3 rings (SSSR count). The summed E-state index contributed by atoms with van der Waals surface area (Å²) in [5.74, 6) is 1.25. The van der Waals surface area contributed by atoms with Gasteiger partial charge in [-0.2, -0.15) is 0 Å². The molecule has 1 aliphatic heterocycles. The van der Waals surface area contributed by atoms with Gasteiger partial charge < -0.3 is 10.6 Å². The zero-order valence-electron chi connectivity index (χ0n) is 16.3. The Morgan fingerprint density at radius 2 is 1.93 bits per heavy atom. The number of aromatic nitrogens is 1. The number of nitrogens with one attached hydrogen (secondary N) is 2. The van der Waals surface area contributed by atoms with Crippen molar-refractivity contribution >= 4 is 29.7 Å². The first-order valence-electron chi connectivity index (χ1n) is 9.57. The standard InChI is InChI=1S/C21H29N3OS.ClH/c1-14(17-9-11-22-12-10-17)13-19(25)23-15(2)20-16(3)24-21(26-20)18-7-5-4-6-8-18;/h4-8,14-15,17,22H,9-13H2,1-3H3,(H,23,25);1H. The summed E-state index contributed by atoms with van der Waals surface area (Å²) in [6.07, 6.45) is 2.97. The molecule has 1 aromatic carbocycles. The SMILES string of the molecule is Cc1nc(-c2ccccc2)sc1C(C)NC(=O)CC(C)C1CCNCC1.Cl. The van der Waals surface area contributed by atoms with Gasteiger partial charge in [0.25, 0.3) is 0 Å². The van der Waals surface area contributed by atoms with Crippen LogP contribution < -0.4 is 10.6 Å². The van der Waals surface area contributed by atoms with E-state index in [1.165, 1.54) is 12.8 Å². The lowest BCUT2D eigenvalue weighted by molar-refractivity contribution is -0.123. The molecule has 0 aliphatic carbocycles. The largest absolute Gasteiger partial charge is 0.349 e. The van der Waals surface area contributed by atoms with E-state index in [0.717, 1.165) is 34.2 Å². The summed E-state index contributed by atoms with van der Waals surface area (Å²) >= 11 is 1.68. The van der Waals surface area contributed by atoms with Gasteiger partial charge >= 0.3 is 0 Å². The third-order valence-corrected chi connectivity index (χ3v) is 6.71. The van der Waals surface area contributed by atoms with Gasteiger partial charge in [-0.15, -0.1) is 23.7 Å². The molecule has 0 spiro atoms. The molecule has 1 aliphatic rings. The van der Waals surface area contributed by atoms with E-state index in [4.69, 9.17) is 4.98 Å². The smallest absolute Gasteiger partial charge is 0.220 e.